The summed E-state index contributed by atoms with van der Waals surface area (Å²) >= 11 is 0. The fourth-order valence-electron chi connectivity index (χ4n) is 1.32. The minimum Gasteiger partial charge on any atom is -0.390 e. The summed E-state index contributed by atoms with van der Waals surface area (Å²) in [5.74, 6) is 0.942. The number of rotatable bonds is 3. The third-order valence-electron chi connectivity index (χ3n) is 2.19. The molecule has 0 radical (unpaired) electrons. The molecule has 0 fully saturated rings. The first kappa shape index (κ1) is 8.96. The number of aliphatic hydroxyl groups excluding tert-OH is 1. The highest BCUT2D eigenvalue weighted by Crippen LogP contribution is 2.03. The molecule has 0 amide bonds. The summed E-state index contributed by atoms with van der Waals surface area (Å²) in [5, 5.41) is 9.02. The minimum atomic E-state index is 0.00439. The standard InChI is InChI=1S/C9H12N4O/c1-12-3-2-11-9(12)5-13-7-10-4-8(13)6-14/h2-4,7,14H,5-6H2,1H3. The SMILES string of the molecule is Cn1ccnc1Cn1cncc1CO. The van der Waals surface area contributed by atoms with Crippen molar-refractivity contribution in [2.24, 2.45) is 7.05 Å². The average molecular weight is 192 g/mol. The van der Waals surface area contributed by atoms with Crippen LogP contribution in [0.1, 0.15) is 11.5 Å². The minimum absolute atomic E-state index is 0.00439. The molecule has 1 N–H and O–H groups in total. The Morgan fingerprint density at radius 2 is 2.36 bits per heavy atom. The Bertz CT molecular complexity index is 418. The van der Waals surface area contributed by atoms with Crippen LogP contribution in [-0.4, -0.2) is 24.2 Å². The van der Waals surface area contributed by atoms with E-state index in [4.69, 9.17) is 5.11 Å². The molecule has 2 aromatic rings. The molecule has 0 bridgehead atoms. The van der Waals surface area contributed by atoms with Crippen molar-refractivity contribution in [1.82, 2.24) is 19.1 Å². The number of hydrogen-bond acceptors (Lipinski definition) is 3. The van der Waals surface area contributed by atoms with Gasteiger partial charge in [0.25, 0.3) is 0 Å². The Balaban J connectivity index is 2.22. The maximum Gasteiger partial charge on any atom is 0.128 e. The molecule has 0 aliphatic rings. The van der Waals surface area contributed by atoms with Crippen LogP contribution in [0.4, 0.5) is 0 Å². The summed E-state index contributed by atoms with van der Waals surface area (Å²) in [5.41, 5.74) is 0.799. The van der Waals surface area contributed by atoms with E-state index in [0.717, 1.165) is 11.5 Å². The van der Waals surface area contributed by atoms with Crippen LogP contribution in [0, 0.1) is 0 Å². The number of aromatic nitrogens is 4. The van der Waals surface area contributed by atoms with Crippen molar-refractivity contribution in [1.29, 1.82) is 0 Å². The molecule has 14 heavy (non-hydrogen) atoms. The van der Waals surface area contributed by atoms with E-state index in [1.54, 1.807) is 18.7 Å². The second-order valence-corrected chi connectivity index (χ2v) is 3.13. The van der Waals surface area contributed by atoms with E-state index >= 15 is 0 Å². The zero-order valence-electron chi connectivity index (χ0n) is 7.96. The van der Waals surface area contributed by atoms with Gasteiger partial charge < -0.3 is 14.2 Å². The van der Waals surface area contributed by atoms with Crippen LogP contribution >= 0.6 is 0 Å². The first-order valence-corrected chi connectivity index (χ1v) is 4.37. The number of nitrogens with zero attached hydrogens (tertiary/aromatic N) is 4. The Kier molecular flexibility index (Phi) is 2.32. The average Bonchev–Trinajstić information content (AvgIpc) is 2.77. The van der Waals surface area contributed by atoms with Gasteiger partial charge in [-0.3, -0.25) is 0 Å². The molecule has 5 nitrogen and oxygen atoms in total. The highest BCUT2D eigenvalue weighted by Gasteiger charge is 2.04. The molecule has 0 aliphatic heterocycles. The van der Waals surface area contributed by atoms with Crippen molar-refractivity contribution in [3.8, 4) is 0 Å². The van der Waals surface area contributed by atoms with Crippen LogP contribution in [0.25, 0.3) is 0 Å². The number of aliphatic hydroxyl groups is 1. The second-order valence-electron chi connectivity index (χ2n) is 3.13. The van der Waals surface area contributed by atoms with Crippen molar-refractivity contribution in [2.45, 2.75) is 13.2 Å². The predicted molar refractivity (Wildman–Crippen MR) is 50.5 cm³/mol. The molecule has 2 rings (SSSR count). The van der Waals surface area contributed by atoms with Gasteiger partial charge in [-0.05, 0) is 0 Å². The topological polar surface area (TPSA) is 55.9 Å². The Morgan fingerprint density at radius 1 is 1.50 bits per heavy atom. The maximum atomic E-state index is 9.02. The van der Waals surface area contributed by atoms with E-state index in [0.29, 0.717) is 6.54 Å². The molecule has 2 heterocycles. The molecule has 0 saturated heterocycles. The lowest BCUT2D eigenvalue weighted by atomic mass is 10.4. The summed E-state index contributed by atoms with van der Waals surface area (Å²) in [6.45, 7) is 0.643. The van der Waals surface area contributed by atoms with Crippen LogP contribution < -0.4 is 0 Å². The second kappa shape index (κ2) is 3.63. The van der Waals surface area contributed by atoms with Gasteiger partial charge in [0.2, 0.25) is 0 Å². The van der Waals surface area contributed by atoms with Crippen molar-refractivity contribution < 1.29 is 5.11 Å². The summed E-state index contributed by atoms with van der Waals surface area (Å²) in [4.78, 5) is 8.17. The van der Waals surface area contributed by atoms with Crippen molar-refractivity contribution in [3.05, 3.63) is 36.4 Å². The third kappa shape index (κ3) is 1.54. The number of aryl methyl sites for hydroxylation is 1. The van der Waals surface area contributed by atoms with E-state index in [1.165, 1.54) is 0 Å². The summed E-state index contributed by atoms with van der Waals surface area (Å²) in [7, 11) is 1.94. The monoisotopic (exact) mass is 192 g/mol. The van der Waals surface area contributed by atoms with Crippen LogP contribution in [0.5, 0.6) is 0 Å². The molecule has 0 atom stereocenters. The van der Waals surface area contributed by atoms with E-state index in [1.807, 2.05) is 22.4 Å². The van der Waals surface area contributed by atoms with Crippen LogP contribution in [0.15, 0.2) is 24.9 Å². The largest absolute Gasteiger partial charge is 0.390 e. The van der Waals surface area contributed by atoms with Crippen LogP contribution in [0.3, 0.4) is 0 Å². The fraction of sp³-hybridized carbons (Fsp3) is 0.333. The van der Waals surface area contributed by atoms with Gasteiger partial charge in [0, 0.05) is 19.4 Å². The van der Waals surface area contributed by atoms with Gasteiger partial charge in [0.1, 0.15) is 5.82 Å². The molecular formula is C9H12N4O. The normalized spacial score (nSPS) is 10.7. The highest BCUT2D eigenvalue weighted by molar-refractivity contribution is 5.00. The molecule has 0 aromatic carbocycles. The molecule has 0 aliphatic carbocycles. The third-order valence-corrected chi connectivity index (χ3v) is 2.19. The first-order chi connectivity index (χ1) is 6.81. The predicted octanol–water partition coefficient (Wildman–Crippen LogP) is 0.157. The first-order valence-electron chi connectivity index (χ1n) is 4.37. The zero-order chi connectivity index (χ0) is 9.97. The van der Waals surface area contributed by atoms with Crippen LogP contribution in [0.2, 0.25) is 0 Å². The molecule has 0 unspecified atom stereocenters. The lowest BCUT2D eigenvalue weighted by molar-refractivity contribution is 0.271. The molecule has 0 spiro atoms. The summed E-state index contributed by atoms with van der Waals surface area (Å²) < 4.78 is 3.82. The molecule has 0 saturated carbocycles. The lowest BCUT2D eigenvalue weighted by Gasteiger charge is -2.05. The quantitative estimate of drug-likeness (QED) is 0.753. The Morgan fingerprint density at radius 3 is 3.00 bits per heavy atom. The van der Waals surface area contributed by atoms with Crippen molar-refractivity contribution in [2.75, 3.05) is 0 Å². The Labute approximate surface area is 81.7 Å². The van der Waals surface area contributed by atoms with Gasteiger partial charge in [-0.2, -0.15) is 0 Å². The fourth-order valence-corrected chi connectivity index (χ4v) is 1.32. The number of imidazole rings is 2. The molecule has 2 aromatic heterocycles. The van der Waals surface area contributed by atoms with E-state index in [9.17, 15) is 0 Å². The molecular weight excluding hydrogens is 180 g/mol. The van der Waals surface area contributed by atoms with Gasteiger partial charge >= 0.3 is 0 Å². The maximum absolute atomic E-state index is 9.02. The smallest absolute Gasteiger partial charge is 0.128 e. The molecule has 74 valence electrons. The van der Waals surface area contributed by atoms with Gasteiger partial charge in [-0.25, -0.2) is 9.97 Å². The highest BCUT2D eigenvalue weighted by atomic mass is 16.3. The van der Waals surface area contributed by atoms with E-state index < -0.39 is 0 Å². The van der Waals surface area contributed by atoms with E-state index in [-0.39, 0.29) is 6.61 Å². The van der Waals surface area contributed by atoms with Gasteiger partial charge in [0.15, 0.2) is 0 Å². The van der Waals surface area contributed by atoms with Gasteiger partial charge in [-0.15, -0.1) is 0 Å². The lowest BCUT2D eigenvalue weighted by Crippen LogP contribution is -2.07. The van der Waals surface area contributed by atoms with Crippen LogP contribution in [-0.2, 0) is 20.2 Å². The van der Waals surface area contributed by atoms with Crippen molar-refractivity contribution in [3.63, 3.8) is 0 Å². The Hall–Kier alpha value is -1.62. The van der Waals surface area contributed by atoms with Gasteiger partial charge in [0.05, 0.1) is 31.4 Å². The van der Waals surface area contributed by atoms with E-state index in [2.05, 4.69) is 9.97 Å². The molecule has 5 heteroatoms. The zero-order valence-corrected chi connectivity index (χ0v) is 7.96. The summed E-state index contributed by atoms with van der Waals surface area (Å²) in [6, 6.07) is 0. The van der Waals surface area contributed by atoms with Gasteiger partial charge in [-0.1, -0.05) is 0 Å². The summed E-state index contributed by atoms with van der Waals surface area (Å²) in [6.07, 6.45) is 7.00. The van der Waals surface area contributed by atoms with Crippen molar-refractivity contribution >= 4 is 0 Å². The number of hydrogen-bond donors (Lipinski definition) is 1.